The molecule has 0 unspecified atom stereocenters. The molecule has 3 aromatic rings. The van der Waals surface area contributed by atoms with Gasteiger partial charge in [0, 0.05) is 17.0 Å². The fraction of sp³-hybridized carbons (Fsp3) is 0.150. The molecule has 0 N–H and O–H groups in total. The number of fused-ring (bicyclic) bond motifs is 1. The summed E-state index contributed by atoms with van der Waals surface area (Å²) >= 11 is 1.55. The van der Waals surface area contributed by atoms with Gasteiger partial charge in [-0.2, -0.15) is 0 Å². The number of carbonyl (C=O) groups excluding carboxylic acids is 3. The van der Waals surface area contributed by atoms with E-state index in [2.05, 4.69) is 0 Å². The van der Waals surface area contributed by atoms with Crippen molar-refractivity contribution >= 4 is 29.1 Å². The average molecular weight is 380 g/mol. The third-order valence-electron chi connectivity index (χ3n) is 4.40. The number of imide groups is 1. The molecule has 0 aliphatic carbocycles. The van der Waals surface area contributed by atoms with Crippen molar-refractivity contribution in [3.63, 3.8) is 0 Å². The summed E-state index contributed by atoms with van der Waals surface area (Å²) in [7, 11) is 0. The molecule has 0 saturated heterocycles. The first-order valence-corrected chi connectivity index (χ1v) is 9.28. The van der Waals surface area contributed by atoms with Gasteiger partial charge in [-0.3, -0.25) is 19.3 Å². The predicted octanol–water partition coefficient (Wildman–Crippen LogP) is 3.17. The van der Waals surface area contributed by atoms with Crippen molar-refractivity contribution in [3.05, 3.63) is 81.9 Å². The van der Waals surface area contributed by atoms with Crippen LogP contribution in [0.1, 0.15) is 31.2 Å². The Balaban J connectivity index is 1.53. The second-order valence-electron chi connectivity index (χ2n) is 6.20. The lowest BCUT2D eigenvalue weighted by Crippen LogP contribution is -2.42. The van der Waals surface area contributed by atoms with Gasteiger partial charge >= 0.3 is 0 Å². The first-order valence-electron chi connectivity index (χ1n) is 8.40. The van der Waals surface area contributed by atoms with Crippen LogP contribution in [0, 0.1) is 0 Å². The van der Waals surface area contributed by atoms with Crippen LogP contribution in [0.25, 0.3) is 0 Å². The normalized spacial score (nSPS) is 13.1. The van der Waals surface area contributed by atoms with E-state index < -0.39 is 11.8 Å². The molecule has 27 heavy (non-hydrogen) atoms. The largest absolute Gasteiger partial charge is 0.472 e. The number of benzene rings is 1. The maximum atomic E-state index is 12.9. The quantitative estimate of drug-likeness (QED) is 0.616. The van der Waals surface area contributed by atoms with E-state index in [1.54, 1.807) is 59.1 Å². The zero-order valence-corrected chi connectivity index (χ0v) is 15.1. The third-order valence-corrected chi connectivity index (χ3v) is 5.27. The van der Waals surface area contributed by atoms with E-state index in [1.165, 1.54) is 0 Å². The Labute approximate surface area is 159 Å². The van der Waals surface area contributed by atoms with Gasteiger partial charge in [0.2, 0.25) is 5.91 Å². The van der Waals surface area contributed by atoms with Crippen LogP contribution in [0.3, 0.4) is 0 Å². The maximum Gasteiger partial charge on any atom is 0.262 e. The van der Waals surface area contributed by atoms with E-state index in [4.69, 9.17) is 4.42 Å². The summed E-state index contributed by atoms with van der Waals surface area (Å²) in [5.41, 5.74) is 1.53. The molecule has 1 aliphatic rings. The van der Waals surface area contributed by atoms with E-state index in [0.29, 0.717) is 24.2 Å². The Hall–Kier alpha value is -3.19. The fourth-order valence-electron chi connectivity index (χ4n) is 3.04. The van der Waals surface area contributed by atoms with E-state index in [1.807, 2.05) is 17.5 Å². The zero-order chi connectivity index (χ0) is 18.8. The topological polar surface area (TPSA) is 70.8 Å². The Bertz CT molecular complexity index is 908. The molecular weight excluding hydrogens is 364 g/mol. The van der Waals surface area contributed by atoms with Gasteiger partial charge in [-0.05, 0) is 29.6 Å². The smallest absolute Gasteiger partial charge is 0.262 e. The van der Waals surface area contributed by atoms with Crippen molar-refractivity contribution < 1.29 is 18.8 Å². The molecule has 7 heteroatoms. The van der Waals surface area contributed by atoms with Crippen LogP contribution < -0.4 is 0 Å². The Kier molecular flexibility index (Phi) is 4.60. The number of furan rings is 1. The molecule has 3 heterocycles. The van der Waals surface area contributed by atoms with Gasteiger partial charge in [0.05, 0.1) is 30.2 Å². The summed E-state index contributed by atoms with van der Waals surface area (Å²) in [6.45, 7) is 0.469. The first kappa shape index (κ1) is 17.2. The van der Waals surface area contributed by atoms with Crippen LogP contribution in [-0.4, -0.2) is 34.1 Å². The van der Waals surface area contributed by atoms with Crippen molar-refractivity contribution in [3.8, 4) is 0 Å². The third kappa shape index (κ3) is 3.41. The highest BCUT2D eigenvalue weighted by atomic mass is 32.1. The van der Waals surface area contributed by atoms with Crippen LogP contribution >= 0.6 is 11.3 Å². The van der Waals surface area contributed by atoms with Crippen LogP contribution in [-0.2, 0) is 17.9 Å². The Morgan fingerprint density at radius 3 is 2.33 bits per heavy atom. The van der Waals surface area contributed by atoms with Gasteiger partial charge in [0.25, 0.3) is 11.8 Å². The van der Waals surface area contributed by atoms with Crippen molar-refractivity contribution in [2.45, 2.75) is 13.1 Å². The number of rotatable bonds is 6. The van der Waals surface area contributed by atoms with E-state index in [-0.39, 0.29) is 12.5 Å². The zero-order valence-electron chi connectivity index (χ0n) is 14.3. The summed E-state index contributed by atoms with van der Waals surface area (Å²) in [6, 6.07) is 12.3. The summed E-state index contributed by atoms with van der Waals surface area (Å²) in [6.07, 6.45) is 3.13. The number of hydrogen-bond acceptors (Lipinski definition) is 5. The van der Waals surface area contributed by atoms with Gasteiger partial charge in [0.1, 0.15) is 6.54 Å². The molecule has 0 saturated carbocycles. The number of hydrogen-bond donors (Lipinski definition) is 0. The molecule has 1 aliphatic heterocycles. The number of amides is 3. The van der Waals surface area contributed by atoms with Gasteiger partial charge in [-0.1, -0.05) is 18.2 Å². The molecule has 0 atom stereocenters. The number of thiophene rings is 1. The van der Waals surface area contributed by atoms with E-state index >= 15 is 0 Å². The molecule has 136 valence electrons. The lowest BCUT2D eigenvalue weighted by Gasteiger charge is -2.24. The minimum atomic E-state index is -0.427. The van der Waals surface area contributed by atoms with Crippen molar-refractivity contribution in [1.29, 1.82) is 0 Å². The lowest BCUT2D eigenvalue weighted by atomic mass is 10.1. The maximum absolute atomic E-state index is 12.9. The van der Waals surface area contributed by atoms with Gasteiger partial charge in [-0.15, -0.1) is 11.3 Å². The monoisotopic (exact) mass is 380 g/mol. The Morgan fingerprint density at radius 2 is 1.74 bits per heavy atom. The molecule has 0 spiro atoms. The van der Waals surface area contributed by atoms with E-state index in [9.17, 15) is 14.4 Å². The number of nitrogens with zero attached hydrogens (tertiary/aromatic N) is 2. The molecule has 0 bridgehead atoms. The molecular formula is C20H16N2O4S. The molecule has 0 radical (unpaired) electrons. The van der Waals surface area contributed by atoms with Gasteiger partial charge < -0.3 is 9.32 Å². The van der Waals surface area contributed by atoms with Crippen LogP contribution in [0.4, 0.5) is 0 Å². The van der Waals surface area contributed by atoms with E-state index in [0.717, 1.165) is 15.3 Å². The standard InChI is InChI=1S/C20H16N2O4S/c23-18(12-22-19(24)16-5-1-2-6-17(16)20(22)25)21(10-14-7-8-26-13-14)11-15-4-3-9-27-15/h1-9,13H,10-12H2. The van der Waals surface area contributed by atoms with Crippen molar-refractivity contribution in [2.24, 2.45) is 0 Å². The molecule has 0 fully saturated rings. The van der Waals surface area contributed by atoms with Gasteiger partial charge in [0.15, 0.2) is 0 Å². The van der Waals surface area contributed by atoms with Gasteiger partial charge in [-0.25, -0.2) is 0 Å². The summed E-state index contributed by atoms with van der Waals surface area (Å²) in [5.74, 6) is -1.15. The first-order chi connectivity index (χ1) is 13.1. The summed E-state index contributed by atoms with van der Waals surface area (Å²) < 4.78 is 5.09. The summed E-state index contributed by atoms with van der Waals surface area (Å²) in [5, 5.41) is 1.94. The van der Waals surface area contributed by atoms with Crippen LogP contribution in [0.2, 0.25) is 0 Å². The molecule has 4 rings (SSSR count). The lowest BCUT2D eigenvalue weighted by molar-refractivity contribution is -0.132. The predicted molar refractivity (Wildman–Crippen MR) is 99.1 cm³/mol. The second-order valence-corrected chi connectivity index (χ2v) is 7.24. The second kappa shape index (κ2) is 7.20. The molecule has 1 aromatic carbocycles. The minimum absolute atomic E-state index is 0.282. The average Bonchev–Trinajstić information content (AvgIpc) is 3.41. The number of carbonyl (C=O) groups is 3. The fourth-order valence-corrected chi connectivity index (χ4v) is 3.76. The molecule has 2 aromatic heterocycles. The highest BCUT2D eigenvalue weighted by Crippen LogP contribution is 2.23. The minimum Gasteiger partial charge on any atom is -0.472 e. The Morgan fingerprint density at radius 1 is 1.00 bits per heavy atom. The molecule has 6 nitrogen and oxygen atoms in total. The van der Waals surface area contributed by atoms with Crippen LogP contribution in [0.15, 0.2) is 64.8 Å². The SMILES string of the molecule is O=C(CN1C(=O)c2ccccc2C1=O)N(Cc1ccoc1)Cc1cccs1. The molecule has 3 amide bonds. The summed E-state index contributed by atoms with van der Waals surface area (Å²) in [4.78, 5) is 41.7. The van der Waals surface area contributed by atoms with Crippen LogP contribution in [0.5, 0.6) is 0 Å². The highest BCUT2D eigenvalue weighted by molar-refractivity contribution is 7.09. The van der Waals surface area contributed by atoms with Crippen molar-refractivity contribution in [2.75, 3.05) is 6.54 Å². The van der Waals surface area contributed by atoms with Crippen molar-refractivity contribution in [1.82, 2.24) is 9.80 Å². The highest BCUT2D eigenvalue weighted by Gasteiger charge is 2.37.